The molecular weight excluding hydrogens is 128 g/mol. The maximum atomic E-state index is 5.17. The second kappa shape index (κ2) is 4.69. The van der Waals surface area contributed by atoms with E-state index in [1.807, 2.05) is 6.92 Å². The van der Waals surface area contributed by atoms with E-state index in [1.54, 1.807) is 14.2 Å². The van der Waals surface area contributed by atoms with Crippen LogP contribution in [0.5, 0.6) is 0 Å². The van der Waals surface area contributed by atoms with Gasteiger partial charge in [-0.2, -0.15) is 0 Å². The Hall–Kier alpha value is -0.0800. The second-order valence-corrected chi connectivity index (χ2v) is 2.65. The maximum Gasteiger partial charge on any atom is 0.164 e. The van der Waals surface area contributed by atoms with E-state index in [0.717, 1.165) is 12.8 Å². The highest BCUT2D eigenvalue weighted by Gasteiger charge is 2.20. The van der Waals surface area contributed by atoms with Gasteiger partial charge in [-0.05, 0) is 13.3 Å². The average Bonchev–Trinajstić information content (AvgIpc) is 2.00. The lowest BCUT2D eigenvalue weighted by Crippen LogP contribution is -2.29. The van der Waals surface area contributed by atoms with Crippen LogP contribution in [-0.4, -0.2) is 20.0 Å². The van der Waals surface area contributed by atoms with Crippen LogP contribution in [0.15, 0.2) is 0 Å². The highest BCUT2D eigenvalue weighted by atomic mass is 16.7. The van der Waals surface area contributed by atoms with E-state index >= 15 is 0 Å². The van der Waals surface area contributed by atoms with E-state index in [-0.39, 0.29) is 5.79 Å². The van der Waals surface area contributed by atoms with Crippen LogP contribution < -0.4 is 0 Å². The average molecular weight is 146 g/mol. The number of unbranched alkanes of at least 4 members (excludes halogenated alkanes) is 1. The topological polar surface area (TPSA) is 18.5 Å². The molecule has 0 saturated carbocycles. The van der Waals surface area contributed by atoms with Crippen LogP contribution in [0.25, 0.3) is 0 Å². The minimum atomic E-state index is -0.365. The lowest BCUT2D eigenvalue weighted by molar-refractivity contribution is -0.197. The van der Waals surface area contributed by atoms with E-state index in [1.165, 1.54) is 6.42 Å². The number of ether oxygens (including phenoxy) is 2. The molecule has 10 heavy (non-hydrogen) atoms. The Morgan fingerprint density at radius 3 is 2.00 bits per heavy atom. The van der Waals surface area contributed by atoms with Crippen LogP contribution in [0.3, 0.4) is 0 Å². The molecule has 0 N–H and O–H groups in total. The van der Waals surface area contributed by atoms with Gasteiger partial charge in [0.15, 0.2) is 5.79 Å². The maximum absolute atomic E-state index is 5.17. The van der Waals surface area contributed by atoms with Gasteiger partial charge in [-0.3, -0.25) is 0 Å². The summed E-state index contributed by atoms with van der Waals surface area (Å²) in [6.07, 6.45) is 3.30. The Bertz CT molecular complexity index is 77.3. The van der Waals surface area contributed by atoms with Gasteiger partial charge in [0, 0.05) is 20.6 Å². The molecule has 0 spiro atoms. The van der Waals surface area contributed by atoms with Crippen LogP contribution in [0, 0.1) is 0 Å². The Balaban J connectivity index is 3.58. The van der Waals surface area contributed by atoms with Crippen molar-refractivity contribution >= 4 is 0 Å². The molecule has 0 aliphatic rings. The van der Waals surface area contributed by atoms with Gasteiger partial charge in [0.05, 0.1) is 0 Å². The summed E-state index contributed by atoms with van der Waals surface area (Å²) in [6, 6.07) is 0. The standard InChI is InChI=1S/C8H18O2/c1-5-6-7-8(2,9-3)10-4/h5-7H2,1-4H3. The molecule has 0 fully saturated rings. The van der Waals surface area contributed by atoms with Gasteiger partial charge in [-0.1, -0.05) is 13.3 Å². The Morgan fingerprint density at radius 2 is 1.70 bits per heavy atom. The third-order valence-corrected chi connectivity index (χ3v) is 1.85. The zero-order valence-corrected chi connectivity index (χ0v) is 7.44. The molecule has 62 valence electrons. The molecule has 0 saturated heterocycles. The normalized spacial score (nSPS) is 12.0. The first-order chi connectivity index (χ1) is 4.68. The van der Waals surface area contributed by atoms with Crippen molar-refractivity contribution in [2.75, 3.05) is 14.2 Å². The van der Waals surface area contributed by atoms with Gasteiger partial charge >= 0.3 is 0 Å². The highest BCUT2D eigenvalue weighted by molar-refractivity contribution is 4.60. The minimum Gasteiger partial charge on any atom is -0.353 e. The van der Waals surface area contributed by atoms with Crippen molar-refractivity contribution < 1.29 is 9.47 Å². The molecule has 0 heterocycles. The second-order valence-electron chi connectivity index (χ2n) is 2.65. The molecule has 2 heteroatoms. The first kappa shape index (κ1) is 9.92. The smallest absolute Gasteiger partial charge is 0.164 e. The number of hydrogen-bond acceptors (Lipinski definition) is 2. The largest absolute Gasteiger partial charge is 0.353 e. The van der Waals surface area contributed by atoms with Crippen LogP contribution in [0.4, 0.5) is 0 Å². The fourth-order valence-corrected chi connectivity index (χ4v) is 0.785. The van der Waals surface area contributed by atoms with E-state index in [2.05, 4.69) is 6.92 Å². The van der Waals surface area contributed by atoms with Crippen LogP contribution in [0.1, 0.15) is 33.1 Å². The van der Waals surface area contributed by atoms with Crippen molar-refractivity contribution in [3.05, 3.63) is 0 Å². The van der Waals surface area contributed by atoms with Crippen molar-refractivity contribution in [1.29, 1.82) is 0 Å². The number of methoxy groups -OCH3 is 2. The third kappa shape index (κ3) is 3.18. The van der Waals surface area contributed by atoms with Gasteiger partial charge in [0.2, 0.25) is 0 Å². The highest BCUT2D eigenvalue weighted by Crippen LogP contribution is 2.17. The summed E-state index contributed by atoms with van der Waals surface area (Å²) < 4.78 is 10.3. The zero-order valence-electron chi connectivity index (χ0n) is 7.44. The summed E-state index contributed by atoms with van der Waals surface area (Å²) in [5.41, 5.74) is 0. The first-order valence-corrected chi connectivity index (χ1v) is 3.79. The lowest BCUT2D eigenvalue weighted by atomic mass is 10.1. The summed E-state index contributed by atoms with van der Waals surface area (Å²) in [7, 11) is 3.36. The monoisotopic (exact) mass is 146 g/mol. The molecule has 0 bridgehead atoms. The summed E-state index contributed by atoms with van der Waals surface area (Å²) in [4.78, 5) is 0. The quantitative estimate of drug-likeness (QED) is 0.553. The van der Waals surface area contributed by atoms with E-state index in [0.29, 0.717) is 0 Å². The SMILES string of the molecule is CCCCC(C)(OC)OC. The first-order valence-electron chi connectivity index (χ1n) is 3.79. The van der Waals surface area contributed by atoms with Crippen LogP contribution in [-0.2, 0) is 9.47 Å². The Labute approximate surface area is 63.5 Å². The molecule has 0 amide bonds. The van der Waals surface area contributed by atoms with Gasteiger partial charge in [-0.15, -0.1) is 0 Å². The Kier molecular flexibility index (Phi) is 4.65. The van der Waals surface area contributed by atoms with E-state index in [9.17, 15) is 0 Å². The summed E-state index contributed by atoms with van der Waals surface area (Å²) >= 11 is 0. The molecule has 0 radical (unpaired) electrons. The molecule has 0 rings (SSSR count). The third-order valence-electron chi connectivity index (χ3n) is 1.85. The summed E-state index contributed by atoms with van der Waals surface area (Å²) in [5.74, 6) is -0.365. The van der Waals surface area contributed by atoms with Crippen LogP contribution in [0.2, 0.25) is 0 Å². The minimum absolute atomic E-state index is 0.365. The summed E-state index contributed by atoms with van der Waals surface area (Å²) in [6.45, 7) is 4.12. The van der Waals surface area contributed by atoms with Gasteiger partial charge in [0.1, 0.15) is 0 Å². The molecule has 0 aromatic heterocycles. The molecule has 2 nitrogen and oxygen atoms in total. The molecule has 0 aromatic rings. The van der Waals surface area contributed by atoms with Crippen molar-refractivity contribution in [2.24, 2.45) is 0 Å². The number of hydrogen-bond donors (Lipinski definition) is 0. The Morgan fingerprint density at radius 1 is 1.20 bits per heavy atom. The molecule has 0 aliphatic carbocycles. The summed E-state index contributed by atoms with van der Waals surface area (Å²) in [5, 5.41) is 0. The molecular formula is C8H18O2. The molecule has 0 aromatic carbocycles. The molecule has 0 unspecified atom stereocenters. The van der Waals surface area contributed by atoms with E-state index in [4.69, 9.17) is 9.47 Å². The van der Waals surface area contributed by atoms with Crippen molar-refractivity contribution in [3.63, 3.8) is 0 Å². The van der Waals surface area contributed by atoms with Gasteiger partial charge in [-0.25, -0.2) is 0 Å². The predicted octanol–water partition coefficient (Wildman–Crippen LogP) is 2.19. The van der Waals surface area contributed by atoms with Crippen LogP contribution >= 0.6 is 0 Å². The molecule has 0 aliphatic heterocycles. The fourth-order valence-electron chi connectivity index (χ4n) is 0.785. The lowest BCUT2D eigenvalue weighted by Gasteiger charge is -2.25. The molecule has 0 atom stereocenters. The van der Waals surface area contributed by atoms with Gasteiger partial charge in [0.25, 0.3) is 0 Å². The fraction of sp³-hybridized carbons (Fsp3) is 1.00. The number of rotatable bonds is 5. The predicted molar refractivity (Wildman–Crippen MR) is 41.9 cm³/mol. The van der Waals surface area contributed by atoms with Crippen molar-refractivity contribution in [2.45, 2.75) is 38.9 Å². The van der Waals surface area contributed by atoms with Crippen molar-refractivity contribution in [3.8, 4) is 0 Å². The van der Waals surface area contributed by atoms with E-state index < -0.39 is 0 Å². The zero-order chi connectivity index (χ0) is 8.04. The van der Waals surface area contributed by atoms with Gasteiger partial charge < -0.3 is 9.47 Å². The van der Waals surface area contributed by atoms with Crippen molar-refractivity contribution in [1.82, 2.24) is 0 Å².